The Balaban J connectivity index is 2.60. The zero-order chi connectivity index (χ0) is 13.3. The molecule has 11 nitrogen and oxygen atoms in total. The largest absolute Gasteiger partial charge is 0.523 e. The van der Waals surface area contributed by atoms with Crippen LogP contribution in [0.25, 0.3) is 5.69 Å². The summed E-state index contributed by atoms with van der Waals surface area (Å²) < 4.78 is 4.12. The third kappa shape index (κ3) is 1.91. The molecule has 0 spiro atoms. The topological polar surface area (TPSA) is 152 Å². The highest BCUT2D eigenvalue weighted by Gasteiger charge is 2.29. The summed E-state index contributed by atoms with van der Waals surface area (Å²) in [4.78, 5) is 20.2. The standard InChI is InChI=1S/C7H3N5O6/c13-7-8-10(9-18-7)5-2-1-4(11(14)15)3-6(5)12(16)17/h1-3H. The van der Waals surface area contributed by atoms with Gasteiger partial charge in [0.1, 0.15) is 11.3 Å². The van der Waals surface area contributed by atoms with Crippen LogP contribution in [0.5, 0.6) is 6.08 Å². The maximum atomic E-state index is 10.8. The molecule has 0 radical (unpaired) electrons. The van der Waals surface area contributed by atoms with E-state index in [1.54, 1.807) is 0 Å². The van der Waals surface area contributed by atoms with Crippen molar-refractivity contribution in [3.05, 3.63) is 38.4 Å². The molecule has 2 rings (SSSR count). The zero-order valence-corrected chi connectivity index (χ0v) is 8.42. The van der Waals surface area contributed by atoms with E-state index in [4.69, 9.17) is 0 Å². The molecule has 1 heterocycles. The number of non-ortho nitro benzene ring substituents is 1. The first kappa shape index (κ1) is 11.4. The second-order valence-electron chi connectivity index (χ2n) is 3.02. The summed E-state index contributed by atoms with van der Waals surface area (Å²) in [5.74, 6) is 0. The molecule has 0 bridgehead atoms. The average molecular weight is 253 g/mol. The predicted octanol–water partition coefficient (Wildman–Crippen LogP) is -0.764. The van der Waals surface area contributed by atoms with E-state index < -0.39 is 27.3 Å². The molecule has 0 saturated heterocycles. The number of aromatic nitrogens is 3. The van der Waals surface area contributed by atoms with Gasteiger partial charge in [-0.2, -0.15) is 0 Å². The number of hydrogen-bond acceptors (Lipinski definition) is 8. The summed E-state index contributed by atoms with van der Waals surface area (Å²) in [5.41, 5.74) is -1.29. The van der Waals surface area contributed by atoms with Crippen molar-refractivity contribution in [1.29, 1.82) is 0 Å². The van der Waals surface area contributed by atoms with Crippen LogP contribution >= 0.6 is 0 Å². The molecule has 0 aliphatic heterocycles. The van der Waals surface area contributed by atoms with Crippen molar-refractivity contribution in [3.8, 4) is 11.8 Å². The van der Waals surface area contributed by atoms with Crippen molar-refractivity contribution in [1.82, 2.24) is 10.4 Å². The number of rotatable bonds is 3. The minimum absolute atomic E-state index is 0.212. The van der Waals surface area contributed by atoms with Crippen LogP contribution in [0.1, 0.15) is 0 Å². The maximum absolute atomic E-state index is 10.8. The second kappa shape index (κ2) is 4.04. The Hall–Kier alpha value is -3.11. The molecule has 0 saturated carbocycles. The average Bonchev–Trinajstić information content (AvgIpc) is 2.74. The van der Waals surface area contributed by atoms with Crippen molar-refractivity contribution in [3.63, 3.8) is 0 Å². The van der Waals surface area contributed by atoms with Crippen LogP contribution < -0.4 is 9.90 Å². The highest BCUT2D eigenvalue weighted by atomic mass is 16.6. The van der Waals surface area contributed by atoms with Gasteiger partial charge in [-0.15, -0.1) is 0 Å². The molecule has 2 aromatic rings. The van der Waals surface area contributed by atoms with E-state index in [0.717, 1.165) is 18.2 Å². The Morgan fingerprint density at radius 2 is 1.94 bits per heavy atom. The molecule has 0 N–H and O–H groups in total. The molecule has 0 unspecified atom stereocenters. The molecule has 0 aliphatic carbocycles. The van der Waals surface area contributed by atoms with Gasteiger partial charge in [-0.25, -0.2) is 0 Å². The number of nitrogens with zero attached hydrogens (tertiary/aromatic N) is 5. The summed E-state index contributed by atoms with van der Waals surface area (Å²) in [6.45, 7) is 0. The summed E-state index contributed by atoms with van der Waals surface area (Å²) in [7, 11) is 0. The lowest BCUT2D eigenvalue weighted by atomic mass is 10.2. The van der Waals surface area contributed by atoms with Gasteiger partial charge in [-0.3, -0.25) is 20.2 Å². The van der Waals surface area contributed by atoms with Gasteiger partial charge < -0.3 is 9.63 Å². The van der Waals surface area contributed by atoms with E-state index >= 15 is 0 Å². The smallest absolute Gasteiger partial charge is 0.352 e. The number of nitro groups is 2. The molecular formula is C7H3N5O6. The predicted molar refractivity (Wildman–Crippen MR) is 48.6 cm³/mol. The first-order chi connectivity index (χ1) is 8.49. The molecule has 11 heteroatoms. The molecule has 0 aliphatic rings. The zero-order valence-electron chi connectivity index (χ0n) is 8.42. The van der Waals surface area contributed by atoms with E-state index in [-0.39, 0.29) is 5.69 Å². The van der Waals surface area contributed by atoms with Gasteiger partial charge in [0.2, 0.25) is 6.08 Å². The van der Waals surface area contributed by atoms with Crippen molar-refractivity contribution in [2.24, 2.45) is 0 Å². The van der Waals surface area contributed by atoms with E-state index in [1.165, 1.54) is 0 Å². The Bertz CT molecular complexity index is 637. The van der Waals surface area contributed by atoms with Crippen molar-refractivity contribution in [2.75, 3.05) is 0 Å². The van der Waals surface area contributed by atoms with Crippen molar-refractivity contribution in [2.45, 2.75) is 0 Å². The summed E-state index contributed by atoms with van der Waals surface area (Å²) in [6.07, 6.45) is -1.04. The highest BCUT2D eigenvalue weighted by Crippen LogP contribution is 2.24. The molecule has 0 atom stereocenters. The quantitative estimate of drug-likeness (QED) is 0.392. The fourth-order valence-corrected chi connectivity index (χ4v) is 1.23. The van der Waals surface area contributed by atoms with Gasteiger partial charge in [0.15, 0.2) is 0 Å². The van der Waals surface area contributed by atoms with Gasteiger partial charge in [0.25, 0.3) is 5.69 Å². The molecule has 18 heavy (non-hydrogen) atoms. The third-order valence-corrected chi connectivity index (χ3v) is 1.95. The van der Waals surface area contributed by atoms with Gasteiger partial charge >= 0.3 is 11.4 Å². The van der Waals surface area contributed by atoms with Crippen LogP contribution in [0, 0.1) is 20.2 Å². The van der Waals surface area contributed by atoms with E-state index in [9.17, 15) is 25.3 Å². The number of hydrogen-bond donors (Lipinski definition) is 0. The number of benzene rings is 1. The van der Waals surface area contributed by atoms with Crippen LogP contribution in [0.15, 0.2) is 22.7 Å². The second-order valence-corrected chi connectivity index (χ2v) is 3.02. The molecule has 1 aromatic heterocycles. The van der Waals surface area contributed by atoms with E-state index in [0.29, 0.717) is 4.80 Å². The Morgan fingerprint density at radius 1 is 1.22 bits per heavy atom. The summed E-state index contributed by atoms with van der Waals surface area (Å²) >= 11 is 0. The monoisotopic (exact) mass is 253 g/mol. The molecule has 92 valence electrons. The van der Waals surface area contributed by atoms with Crippen LogP contribution in [-0.2, 0) is 0 Å². The van der Waals surface area contributed by atoms with Crippen molar-refractivity contribution < 1.29 is 24.3 Å². The lowest BCUT2D eigenvalue weighted by molar-refractivity contribution is -0.728. The third-order valence-electron chi connectivity index (χ3n) is 1.95. The van der Waals surface area contributed by atoms with Gasteiger partial charge in [-0.05, 0) is 0 Å². The van der Waals surface area contributed by atoms with Crippen molar-refractivity contribution >= 4 is 11.4 Å². The first-order valence-corrected chi connectivity index (χ1v) is 4.35. The maximum Gasteiger partial charge on any atom is 0.352 e. The van der Waals surface area contributed by atoms with Gasteiger partial charge in [-0.1, -0.05) is 0 Å². The van der Waals surface area contributed by atoms with E-state index in [2.05, 4.69) is 14.9 Å². The van der Waals surface area contributed by atoms with Crippen LogP contribution in [-0.4, -0.2) is 20.2 Å². The minimum Gasteiger partial charge on any atom is -0.523 e. The SMILES string of the molecule is O=[N+]([O-])c1ccc(-[n+]2noc([O-])n2)c([N+](=O)[O-])c1. The lowest BCUT2D eigenvalue weighted by Crippen LogP contribution is -2.36. The summed E-state index contributed by atoms with van der Waals surface area (Å²) in [5, 5.41) is 38.3. The van der Waals surface area contributed by atoms with E-state index in [1.807, 2.05) is 0 Å². The fourth-order valence-electron chi connectivity index (χ4n) is 1.23. The van der Waals surface area contributed by atoms with Gasteiger partial charge in [0.05, 0.1) is 19.7 Å². The Kier molecular flexibility index (Phi) is 2.56. The van der Waals surface area contributed by atoms with Crippen LogP contribution in [0.2, 0.25) is 0 Å². The number of nitro benzene ring substituents is 2. The molecule has 1 aromatic carbocycles. The Morgan fingerprint density at radius 3 is 2.44 bits per heavy atom. The molecule has 0 amide bonds. The normalized spacial score (nSPS) is 10.2. The Labute approximate surface area is 97.1 Å². The lowest BCUT2D eigenvalue weighted by Gasteiger charge is -1.93. The first-order valence-electron chi connectivity index (χ1n) is 4.35. The minimum atomic E-state index is -1.04. The van der Waals surface area contributed by atoms with Crippen LogP contribution in [0.3, 0.4) is 0 Å². The van der Waals surface area contributed by atoms with Gasteiger partial charge in [0, 0.05) is 12.1 Å². The molecule has 0 fully saturated rings. The fraction of sp³-hybridized carbons (Fsp3) is 0. The molecular weight excluding hydrogens is 250 g/mol. The summed E-state index contributed by atoms with van der Waals surface area (Å²) in [6, 6.07) is 2.81. The van der Waals surface area contributed by atoms with Crippen LogP contribution in [0.4, 0.5) is 11.4 Å². The highest BCUT2D eigenvalue weighted by molar-refractivity contribution is 5.53.